The third-order valence-corrected chi connectivity index (χ3v) is 13.8. The number of nitrogen functional groups attached to an aromatic ring is 1. The molecule has 3 saturated heterocycles. The first kappa shape index (κ1) is 43.7. The number of nitrogens with one attached hydrogen (secondary N) is 1. The SMILES string of the molecule is Nc1ncnc2c1c(-c1ccc(Oc3ccccc3)cc1)nn2C1CCCN(C(=O)/C=C/CN2CCN(C(=O)CCCCSc3cccc4c3CN(C3CCC(=O)NC3=O)C4=O)CC2)C1. The number of aromatic nitrogens is 4. The summed E-state index contributed by atoms with van der Waals surface area (Å²) in [6, 6.07) is 22.2. The van der Waals surface area contributed by atoms with Crippen LogP contribution in [0.5, 0.6) is 11.5 Å². The fraction of sp³-hybridized carbons (Fsp3) is 0.375. The summed E-state index contributed by atoms with van der Waals surface area (Å²) in [7, 11) is 0. The maximum Gasteiger partial charge on any atom is 0.255 e. The van der Waals surface area contributed by atoms with Gasteiger partial charge in [0.1, 0.15) is 35.4 Å². The van der Waals surface area contributed by atoms with Gasteiger partial charge in [0.05, 0.1) is 11.4 Å². The third kappa shape index (κ3) is 9.76. The lowest BCUT2D eigenvalue weighted by Crippen LogP contribution is -2.52. The zero-order valence-electron chi connectivity index (χ0n) is 36.1. The number of carbonyl (C=O) groups excluding carboxylic acids is 5. The number of fused-ring (bicyclic) bond motifs is 2. The fourth-order valence-electron chi connectivity index (χ4n) is 9.11. The minimum absolute atomic E-state index is 0.0409. The maximum absolute atomic E-state index is 13.5. The average molecular weight is 897 g/mol. The normalized spacial score (nSPS) is 19.3. The Morgan fingerprint density at radius 3 is 2.48 bits per heavy atom. The van der Waals surface area contributed by atoms with Crippen molar-refractivity contribution in [2.75, 3.05) is 57.3 Å². The van der Waals surface area contributed by atoms with Crippen LogP contribution in [0.4, 0.5) is 5.82 Å². The molecule has 2 unspecified atom stereocenters. The molecule has 3 aromatic carbocycles. The van der Waals surface area contributed by atoms with Crippen molar-refractivity contribution in [3.8, 4) is 22.8 Å². The van der Waals surface area contributed by atoms with Crippen LogP contribution >= 0.6 is 11.8 Å². The molecule has 3 fully saturated rings. The van der Waals surface area contributed by atoms with Gasteiger partial charge in [0, 0.05) is 87.3 Å². The molecule has 0 bridgehead atoms. The first-order chi connectivity index (χ1) is 31.7. The molecule has 0 radical (unpaired) electrons. The predicted octanol–water partition coefficient (Wildman–Crippen LogP) is 5.46. The minimum atomic E-state index is -0.638. The molecule has 4 aliphatic rings. The number of ether oxygens (including phenoxy) is 1. The number of thioether (sulfide) groups is 1. The molecule has 3 N–H and O–H groups in total. The summed E-state index contributed by atoms with van der Waals surface area (Å²) in [5, 5.41) is 8.07. The lowest BCUT2D eigenvalue weighted by Gasteiger charge is -2.34. The Kier molecular flexibility index (Phi) is 13.2. The van der Waals surface area contributed by atoms with Crippen molar-refractivity contribution in [1.29, 1.82) is 0 Å². The predicted molar refractivity (Wildman–Crippen MR) is 246 cm³/mol. The number of piperazine rings is 1. The molecule has 5 aromatic rings. The molecule has 4 aliphatic heterocycles. The minimum Gasteiger partial charge on any atom is -0.457 e. The van der Waals surface area contributed by atoms with Crippen LogP contribution in [0, 0.1) is 0 Å². The summed E-state index contributed by atoms with van der Waals surface area (Å²) in [5.41, 5.74) is 10.1. The summed E-state index contributed by atoms with van der Waals surface area (Å²) in [6.07, 6.45) is 9.36. The van der Waals surface area contributed by atoms with Gasteiger partial charge in [0.2, 0.25) is 23.6 Å². The highest BCUT2D eigenvalue weighted by atomic mass is 32.2. The monoisotopic (exact) mass is 896 g/mol. The van der Waals surface area contributed by atoms with Gasteiger partial charge in [-0.3, -0.25) is 34.2 Å². The Morgan fingerprint density at radius 2 is 1.68 bits per heavy atom. The highest BCUT2D eigenvalue weighted by molar-refractivity contribution is 7.99. The number of piperidine rings is 2. The summed E-state index contributed by atoms with van der Waals surface area (Å²) < 4.78 is 7.89. The largest absolute Gasteiger partial charge is 0.457 e. The molecular formula is C48H52N10O6S. The maximum atomic E-state index is 13.5. The number of para-hydroxylation sites is 1. The Bertz CT molecular complexity index is 2610. The van der Waals surface area contributed by atoms with Gasteiger partial charge in [-0.2, -0.15) is 5.10 Å². The van der Waals surface area contributed by atoms with E-state index in [1.165, 1.54) is 6.33 Å². The van der Waals surface area contributed by atoms with Gasteiger partial charge in [-0.25, -0.2) is 14.6 Å². The Labute approximate surface area is 381 Å². The lowest BCUT2D eigenvalue weighted by molar-refractivity contribution is -0.137. The smallest absolute Gasteiger partial charge is 0.255 e. The number of nitrogens with two attached hydrogens (primary N) is 1. The van der Waals surface area contributed by atoms with E-state index in [4.69, 9.17) is 15.6 Å². The van der Waals surface area contributed by atoms with Crippen molar-refractivity contribution < 1.29 is 28.7 Å². The quantitative estimate of drug-likeness (QED) is 0.0622. The van der Waals surface area contributed by atoms with E-state index >= 15 is 0 Å². The molecule has 5 amide bonds. The van der Waals surface area contributed by atoms with Crippen LogP contribution in [0.1, 0.15) is 66.9 Å². The van der Waals surface area contributed by atoms with E-state index < -0.39 is 11.9 Å². The first-order valence-corrected chi connectivity index (χ1v) is 23.4. The molecule has 16 nitrogen and oxygen atoms in total. The number of unbranched alkanes of at least 4 members (excludes halogenated alkanes) is 1. The molecule has 336 valence electrons. The van der Waals surface area contributed by atoms with Gasteiger partial charge in [-0.05, 0) is 92.0 Å². The first-order valence-electron chi connectivity index (χ1n) is 22.4. The molecule has 0 spiro atoms. The fourth-order valence-corrected chi connectivity index (χ4v) is 10.2. The van der Waals surface area contributed by atoms with Crippen LogP contribution in [0.2, 0.25) is 0 Å². The second-order valence-electron chi connectivity index (χ2n) is 16.8. The van der Waals surface area contributed by atoms with Crippen molar-refractivity contribution in [1.82, 2.24) is 44.7 Å². The van der Waals surface area contributed by atoms with Crippen molar-refractivity contribution in [2.24, 2.45) is 0 Å². The Morgan fingerprint density at radius 1 is 0.877 bits per heavy atom. The molecule has 17 heteroatoms. The van der Waals surface area contributed by atoms with Gasteiger partial charge in [-0.15, -0.1) is 11.8 Å². The van der Waals surface area contributed by atoms with Gasteiger partial charge >= 0.3 is 0 Å². The standard InChI is InChI=1S/C48H52N10O6S/c49-45-43-44(32-16-18-35(19-17-32)64-34-10-2-1-3-11-34)53-58(46(43)51-31-50-45)33-9-7-23-56(29-33)42(61)15-8-22-54-24-26-55(27-25-54)41(60)14-4-5-28-65-39-13-6-12-36-37(39)30-57(48(36)63)38-20-21-40(59)52-47(38)62/h1-3,6,8,10-13,15-19,31,33,38H,4-5,7,9,14,20-30H2,(H2,49,50,51)(H,52,59,62)/b15-8+. The summed E-state index contributed by atoms with van der Waals surface area (Å²) in [4.78, 5) is 81.4. The van der Waals surface area contributed by atoms with E-state index in [0.29, 0.717) is 86.0 Å². The van der Waals surface area contributed by atoms with E-state index in [2.05, 4.69) is 20.2 Å². The number of likely N-dealkylation sites (tertiary alicyclic amines) is 1. The number of nitrogens with zero attached hydrogens (tertiary/aromatic N) is 8. The second kappa shape index (κ2) is 19.7. The van der Waals surface area contributed by atoms with Gasteiger partial charge in [0.25, 0.3) is 5.91 Å². The number of benzene rings is 3. The number of hydrogen-bond donors (Lipinski definition) is 2. The number of anilines is 1. The van der Waals surface area contributed by atoms with E-state index in [-0.39, 0.29) is 36.1 Å². The van der Waals surface area contributed by atoms with Crippen LogP contribution in [-0.2, 0) is 25.7 Å². The van der Waals surface area contributed by atoms with E-state index in [0.717, 1.165) is 66.3 Å². The van der Waals surface area contributed by atoms with Crippen molar-refractivity contribution in [3.05, 3.63) is 102 Å². The number of amides is 5. The molecule has 2 aromatic heterocycles. The molecular weight excluding hydrogens is 845 g/mol. The lowest BCUT2D eigenvalue weighted by atomic mass is 10.0. The van der Waals surface area contributed by atoms with E-state index in [1.54, 1.807) is 28.8 Å². The molecule has 9 rings (SSSR count). The summed E-state index contributed by atoms with van der Waals surface area (Å²) in [5.74, 6) is 1.83. The molecule has 6 heterocycles. The second-order valence-corrected chi connectivity index (χ2v) is 18.0. The summed E-state index contributed by atoms with van der Waals surface area (Å²) >= 11 is 1.67. The number of imide groups is 1. The average Bonchev–Trinajstić information content (AvgIpc) is 3.89. The molecule has 0 saturated carbocycles. The van der Waals surface area contributed by atoms with E-state index in [9.17, 15) is 24.0 Å². The van der Waals surface area contributed by atoms with Crippen LogP contribution in [0.3, 0.4) is 0 Å². The van der Waals surface area contributed by atoms with Crippen LogP contribution in [-0.4, -0.2) is 126 Å². The van der Waals surface area contributed by atoms with Crippen LogP contribution < -0.4 is 15.8 Å². The zero-order valence-corrected chi connectivity index (χ0v) is 37.0. The molecule has 65 heavy (non-hydrogen) atoms. The number of carbonyl (C=O) groups is 5. The van der Waals surface area contributed by atoms with E-state index in [1.807, 2.05) is 87.3 Å². The molecule has 0 aliphatic carbocycles. The van der Waals surface area contributed by atoms with Gasteiger partial charge in [0.15, 0.2) is 5.65 Å². The summed E-state index contributed by atoms with van der Waals surface area (Å²) in [6.45, 7) is 4.90. The Balaban J connectivity index is 0.712. The molecule has 2 atom stereocenters. The van der Waals surface area contributed by atoms with Gasteiger partial charge in [-0.1, -0.05) is 30.3 Å². The van der Waals surface area contributed by atoms with Crippen molar-refractivity contribution in [2.45, 2.75) is 68.5 Å². The van der Waals surface area contributed by atoms with Crippen molar-refractivity contribution in [3.63, 3.8) is 0 Å². The van der Waals surface area contributed by atoms with Crippen molar-refractivity contribution >= 4 is 58.1 Å². The number of hydrogen-bond acceptors (Lipinski definition) is 12. The van der Waals surface area contributed by atoms with Crippen LogP contribution in [0.15, 0.2) is 96.2 Å². The Hall–Kier alpha value is -6.59. The highest BCUT2D eigenvalue weighted by Crippen LogP contribution is 2.36. The zero-order chi connectivity index (χ0) is 44.9. The van der Waals surface area contributed by atoms with Gasteiger partial charge < -0.3 is 25.2 Å². The third-order valence-electron chi connectivity index (χ3n) is 12.6. The van der Waals surface area contributed by atoms with Crippen LogP contribution in [0.25, 0.3) is 22.3 Å². The highest BCUT2D eigenvalue weighted by Gasteiger charge is 2.40. The number of rotatable bonds is 14. The topological polar surface area (TPSA) is 189 Å².